The van der Waals surface area contributed by atoms with Gasteiger partial charge in [-0.1, -0.05) is 0 Å². The minimum Gasteiger partial charge on any atom is -0.478 e. The standard InChI is InChI=1S/C14H16N4O2/c15-6-9-3-4-18(7-9)13-11-2-1-10(14(19)20)5-12(11)16-8-17-13/h1-2,5,8-9H,3-4,6-7,15H2,(H,19,20). The van der Waals surface area contributed by atoms with E-state index in [0.717, 1.165) is 30.7 Å². The van der Waals surface area contributed by atoms with Crippen molar-refractivity contribution in [2.45, 2.75) is 6.42 Å². The predicted molar refractivity (Wildman–Crippen MR) is 75.9 cm³/mol. The first-order valence-corrected chi connectivity index (χ1v) is 6.62. The lowest BCUT2D eigenvalue weighted by Crippen LogP contribution is -2.23. The third kappa shape index (κ3) is 2.18. The molecule has 6 heteroatoms. The summed E-state index contributed by atoms with van der Waals surface area (Å²) in [6, 6.07) is 4.96. The van der Waals surface area contributed by atoms with Gasteiger partial charge < -0.3 is 15.7 Å². The summed E-state index contributed by atoms with van der Waals surface area (Å²) in [7, 11) is 0. The van der Waals surface area contributed by atoms with Gasteiger partial charge in [-0.15, -0.1) is 0 Å². The van der Waals surface area contributed by atoms with Gasteiger partial charge in [-0.25, -0.2) is 14.8 Å². The van der Waals surface area contributed by atoms with Crippen LogP contribution in [0.2, 0.25) is 0 Å². The molecule has 1 aliphatic rings. The lowest BCUT2D eigenvalue weighted by molar-refractivity contribution is 0.0697. The highest BCUT2D eigenvalue weighted by Crippen LogP contribution is 2.28. The van der Waals surface area contributed by atoms with Crippen molar-refractivity contribution in [2.75, 3.05) is 24.5 Å². The Morgan fingerprint density at radius 2 is 2.30 bits per heavy atom. The molecule has 1 saturated heterocycles. The lowest BCUT2D eigenvalue weighted by atomic mass is 10.1. The average molecular weight is 272 g/mol. The number of carboxylic acid groups (broad SMARTS) is 1. The molecule has 1 aliphatic heterocycles. The number of benzene rings is 1. The van der Waals surface area contributed by atoms with Crippen LogP contribution in [0.1, 0.15) is 16.8 Å². The van der Waals surface area contributed by atoms with E-state index < -0.39 is 5.97 Å². The van der Waals surface area contributed by atoms with Crippen molar-refractivity contribution >= 4 is 22.7 Å². The van der Waals surface area contributed by atoms with Gasteiger partial charge in [0.05, 0.1) is 11.1 Å². The molecule has 1 aromatic heterocycles. The fourth-order valence-electron chi connectivity index (χ4n) is 2.65. The third-order valence-corrected chi connectivity index (χ3v) is 3.78. The van der Waals surface area contributed by atoms with Crippen LogP contribution in [0, 0.1) is 5.92 Å². The van der Waals surface area contributed by atoms with Gasteiger partial charge in [-0.3, -0.25) is 0 Å². The molecule has 104 valence electrons. The number of aromatic carboxylic acids is 1. The zero-order valence-corrected chi connectivity index (χ0v) is 11.0. The molecular formula is C14H16N4O2. The van der Waals surface area contributed by atoms with E-state index in [0.29, 0.717) is 18.0 Å². The van der Waals surface area contributed by atoms with Crippen molar-refractivity contribution < 1.29 is 9.90 Å². The minimum atomic E-state index is -0.948. The molecule has 1 unspecified atom stereocenters. The maximum Gasteiger partial charge on any atom is 0.335 e. The number of fused-ring (bicyclic) bond motifs is 1. The molecule has 0 radical (unpaired) electrons. The molecule has 1 aromatic carbocycles. The van der Waals surface area contributed by atoms with Crippen LogP contribution in [0.4, 0.5) is 5.82 Å². The van der Waals surface area contributed by atoms with Gasteiger partial charge in [0.25, 0.3) is 0 Å². The molecule has 0 bridgehead atoms. The molecule has 0 spiro atoms. The maximum atomic E-state index is 11.0. The van der Waals surface area contributed by atoms with Crippen molar-refractivity contribution in [1.82, 2.24) is 9.97 Å². The third-order valence-electron chi connectivity index (χ3n) is 3.78. The van der Waals surface area contributed by atoms with Crippen molar-refractivity contribution in [2.24, 2.45) is 11.7 Å². The Bertz CT molecular complexity index is 659. The first-order chi connectivity index (χ1) is 9.69. The van der Waals surface area contributed by atoms with Crippen LogP contribution in [-0.2, 0) is 0 Å². The number of aromatic nitrogens is 2. The molecular weight excluding hydrogens is 256 g/mol. The van der Waals surface area contributed by atoms with Crippen LogP contribution in [0.5, 0.6) is 0 Å². The molecule has 6 nitrogen and oxygen atoms in total. The summed E-state index contributed by atoms with van der Waals surface area (Å²) in [6.07, 6.45) is 2.55. The summed E-state index contributed by atoms with van der Waals surface area (Å²) in [6.45, 7) is 2.50. The van der Waals surface area contributed by atoms with Crippen LogP contribution in [0.25, 0.3) is 10.9 Å². The van der Waals surface area contributed by atoms with E-state index in [-0.39, 0.29) is 5.56 Å². The summed E-state index contributed by atoms with van der Waals surface area (Å²) >= 11 is 0. The van der Waals surface area contributed by atoms with Crippen molar-refractivity contribution in [3.8, 4) is 0 Å². The number of nitrogens with zero attached hydrogens (tertiary/aromatic N) is 3. The molecule has 20 heavy (non-hydrogen) atoms. The average Bonchev–Trinajstić information content (AvgIpc) is 2.94. The van der Waals surface area contributed by atoms with Crippen LogP contribution in [-0.4, -0.2) is 40.7 Å². The Morgan fingerprint density at radius 1 is 1.45 bits per heavy atom. The summed E-state index contributed by atoms with van der Waals surface area (Å²) in [5.74, 6) is 0.414. The number of hydrogen-bond donors (Lipinski definition) is 2. The van der Waals surface area contributed by atoms with Gasteiger partial charge in [0.15, 0.2) is 0 Å². The van der Waals surface area contributed by atoms with Gasteiger partial charge in [0, 0.05) is 18.5 Å². The highest BCUT2D eigenvalue weighted by Gasteiger charge is 2.23. The maximum absolute atomic E-state index is 11.0. The fourth-order valence-corrected chi connectivity index (χ4v) is 2.65. The number of carbonyl (C=O) groups is 1. The second kappa shape index (κ2) is 5.05. The Balaban J connectivity index is 2.02. The molecule has 1 atom stereocenters. The topological polar surface area (TPSA) is 92.3 Å². The Labute approximate surface area is 116 Å². The zero-order valence-electron chi connectivity index (χ0n) is 11.0. The molecule has 2 aromatic rings. The first kappa shape index (κ1) is 12.8. The normalized spacial score (nSPS) is 18.6. The van der Waals surface area contributed by atoms with E-state index in [2.05, 4.69) is 14.9 Å². The van der Waals surface area contributed by atoms with Crippen LogP contribution in [0.15, 0.2) is 24.5 Å². The molecule has 3 N–H and O–H groups in total. The van der Waals surface area contributed by atoms with Crippen LogP contribution in [0.3, 0.4) is 0 Å². The highest BCUT2D eigenvalue weighted by atomic mass is 16.4. The summed E-state index contributed by atoms with van der Waals surface area (Å²) in [4.78, 5) is 21.7. The highest BCUT2D eigenvalue weighted by molar-refractivity contribution is 5.96. The molecule has 0 amide bonds. The van der Waals surface area contributed by atoms with E-state index >= 15 is 0 Å². The van der Waals surface area contributed by atoms with E-state index in [1.54, 1.807) is 18.2 Å². The van der Waals surface area contributed by atoms with E-state index in [4.69, 9.17) is 10.8 Å². The van der Waals surface area contributed by atoms with Crippen molar-refractivity contribution in [1.29, 1.82) is 0 Å². The summed E-state index contributed by atoms with van der Waals surface area (Å²) in [5, 5.41) is 9.91. The van der Waals surface area contributed by atoms with Gasteiger partial charge in [0.2, 0.25) is 0 Å². The Hall–Kier alpha value is -2.21. The first-order valence-electron chi connectivity index (χ1n) is 6.62. The van der Waals surface area contributed by atoms with E-state index in [1.165, 1.54) is 6.33 Å². The minimum absolute atomic E-state index is 0.239. The fraction of sp³-hybridized carbons (Fsp3) is 0.357. The number of nitrogens with two attached hydrogens (primary N) is 1. The molecule has 2 heterocycles. The predicted octanol–water partition coefficient (Wildman–Crippen LogP) is 1.11. The number of rotatable bonds is 3. The lowest BCUT2D eigenvalue weighted by Gasteiger charge is -2.18. The van der Waals surface area contributed by atoms with Crippen molar-refractivity contribution in [3.63, 3.8) is 0 Å². The second-order valence-electron chi connectivity index (χ2n) is 5.07. The van der Waals surface area contributed by atoms with Crippen molar-refractivity contribution in [3.05, 3.63) is 30.1 Å². The zero-order chi connectivity index (χ0) is 14.1. The Kier molecular flexibility index (Phi) is 3.23. The number of hydrogen-bond acceptors (Lipinski definition) is 5. The molecule has 0 aliphatic carbocycles. The Morgan fingerprint density at radius 3 is 3.00 bits per heavy atom. The molecule has 0 saturated carbocycles. The molecule has 1 fully saturated rings. The van der Waals surface area contributed by atoms with Gasteiger partial charge in [-0.2, -0.15) is 0 Å². The van der Waals surface area contributed by atoms with Crippen LogP contribution >= 0.6 is 0 Å². The van der Waals surface area contributed by atoms with Gasteiger partial charge in [0.1, 0.15) is 12.1 Å². The second-order valence-corrected chi connectivity index (χ2v) is 5.07. The van der Waals surface area contributed by atoms with Gasteiger partial charge in [-0.05, 0) is 37.1 Å². The number of carboxylic acids is 1. The largest absolute Gasteiger partial charge is 0.478 e. The summed E-state index contributed by atoms with van der Waals surface area (Å²) in [5.41, 5.74) is 6.61. The van der Waals surface area contributed by atoms with Gasteiger partial charge >= 0.3 is 5.97 Å². The van der Waals surface area contributed by atoms with E-state index in [9.17, 15) is 4.79 Å². The molecule has 3 rings (SSSR count). The SMILES string of the molecule is NCC1CCN(c2ncnc3cc(C(=O)O)ccc23)C1. The number of anilines is 1. The monoisotopic (exact) mass is 272 g/mol. The quantitative estimate of drug-likeness (QED) is 0.869. The smallest absolute Gasteiger partial charge is 0.335 e. The van der Waals surface area contributed by atoms with E-state index in [1.807, 2.05) is 0 Å². The van der Waals surface area contributed by atoms with Crippen LogP contribution < -0.4 is 10.6 Å². The summed E-state index contributed by atoms with van der Waals surface area (Å²) < 4.78 is 0.